The maximum absolute atomic E-state index is 6.00. The number of halogens is 1. The maximum Gasteiger partial charge on any atom is 0.225 e. The molecule has 0 atom stereocenters. The molecule has 0 bridgehead atoms. The van der Waals surface area contributed by atoms with Gasteiger partial charge in [0.2, 0.25) is 5.28 Å². The summed E-state index contributed by atoms with van der Waals surface area (Å²) < 4.78 is 0. The van der Waals surface area contributed by atoms with Gasteiger partial charge in [-0.25, -0.2) is 9.97 Å². The molecule has 0 aromatic carbocycles. The monoisotopic (exact) mass is 312 g/mol. The van der Waals surface area contributed by atoms with Gasteiger partial charge in [-0.3, -0.25) is 0 Å². The molecule has 0 aliphatic carbocycles. The highest BCUT2D eigenvalue weighted by molar-refractivity contribution is 7.18. The van der Waals surface area contributed by atoms with Crippen LogP contribution in [0.5, 0.6) is 0 Å². The highest BCUT2D eigenvalue weighted by atomic mass is 35.5. The number of fused-ring (bicyclic) bond motifs is 1. The molecule has 2 heterocycles. The number of aromatic nitrogens is 2. The van der Waals surface area contributed by atoms with Gasteiger partial charge < -0.3 is 10.2 Å². The van der Waals surface area contributed by atoms with Gasteiger partial charge in [0.1, 0.15) is 10.6 Å². The summed E-state index contributed by atoms with van der Waals surface area (Å²) in [4.78, 5) is 13.0. The zero-order valence-electron chi connectivity index (χ0n) is 12.6. The second-order valence-corrected chi connectivity index (χ2v) is 7.75. The molecule has 2 aromatic rings. The summed E-state index contributed by atoms with van der Waals surface area (Å²) in [7, 11) is 4.17. The van der Waals surface area contributed by atoms with Crippen LogP contribution in [-0.4, -0.2) is 42.1 Å². The predicted molar refractivity (Wildman–Crippen MR) is 88.0 cm³/mol. The van der Waals surface area contributed by atoms with E-state index in [9.17, 15) is 0 Å². The second-order valence-electron chi connectivity index (χ2n) is 6.17. The van der Waals surface area contributed by atoms with Crippen LogP contribution in [0.4, 0.5) is 5.82 Å². The fourth-order valence-electron chi connectivity index (χ4n) is 2.39. The van der Waals surface area contributed by atoms with Gasteiger partial charge in [-0.2, -0.15) is 0 Å². The van der Waals surface area contributed by atoms with E-state index in [0.29, 0.717) is 5.28 Å². The standard InChI is InChI=1S/C14H21ClN4S/c1-9-6-10-11(17-13(15)18-12(10)20-9)16-7-14(2,3)8-19(4)5/h6H,7-8H2,1-5H3,(H,16,17,18). The van der Waals surface area contributed by atoms with E-state index >= 15 is 0 Å². The van der Waals surface area contributed by atoms with Crippen LogP contribution >= 0.6 is 22.9 Å². The van der Waals surface area contributed by atoms with Crippen LogP contribution in [0.3, 0.4) is 0 Å². The van der Waals surface area contributed by atoms with Crippen molar-refractivity contribution in [2.24, 2.45) is 5.41 Å². The summed E-state index contributed by atoms with van der Waals surface area (Å²) in [6, 6.07) is 2.11. The third kappa shape index (κ3) is 3.81. The number of nitrogens with zero attached hydrogens (tertiary/aromatic N) is 3. The van der Waals surface area contributed by atoms with Crippen molar-refractivity contribution in [3.8, 4) is 0 Å². The Hall–Kier alpha value is -0.910. The number of rotatable bonds is 5. The number of nitrogens with one attached hydrogen (secondary N) is 1. The van der Waals surface area contributed by atoms with Crippen LogP contribution in [0, 0.1) is 12.3 Å². The molecular formula is C14H21ClN4S. The number of aryl methyl sites for hydroxylation is 1. The highest BCUT2D eigenvalue weighted by Gasteiger charge is 2.20. The number of hydrogen-bond acceptors (Lipinski definition) is 5. The van der Waals surface area contributed by atoms with Gasteiger partial charge in [-0.1, -0.05) is 13.8 Å². The minimum Gasteiger partial charge on any atom is -0.369 e. The topological polar surface area (TPSA) is 41.0 Å². The molecule has 0 saturated carbocycles. The van der Waals surface area contributed by atoms with E-state index in [-0.39, 0.29) is 5.41 Å². The van der Waals surface area contributed by atoms with E-state index in [1.54, 1.807) is 11.3 Å². The fraction of sp³-hybridized carbons (Fsp3) is 0.571. The lowest BCUT2D eigenvalue weighted by Crippen LogP contribution is -2.34. The van der Waals surface area contributed by atoms with Crippen molar-refractivity contribution in [1.82, 2.24) is 14.9 Å². The third-order valence-electron chi connectivity index (χ3n) is 2.97. The molecule has 0 aliphatic heterocycles. The van der Waals surface area contributed by atoms with E-state index in [4.69, 9.17) is 11.6 Å². The normalized spacial score (nSPS) is 12.3. The molecule has 0 spiro atoms. The molecule has 0 amide bonds. The second kappa shape index (κ2) is 5.84. The lowest BCUT2D eigenvalue weighted by molar-refractivity contribution is 0.254. The van der Waals surface area contributed by atoms with Gasteiger partial charge in [0.25, 0.3) is 0 Å². The first kappa shape index (κ1) is 15.5. The maximum atomic E-state index is 6.00. The molecule has 2 rings (SSSR count). The van der Waals surface area contributed by atoms with Crippen molar-refractivity contribution >= 4 is 39.0 Å². The van der Waals surface area contributed by atoms with E-state index < -0.39 is 0 Å². The lowest BCUT2D eigenvalue weighted by atomic mass is 9.93. The first-order valence-electron chi connectivity index (χ1n) is 6.59. The molecule has 0 radical (unpaired) electrons. The zero-order valence-corrected chi connectivity index (χ0v) is 14.2. The van der Waals surface area contributed by atoms with Crippen LogP contribution < -0.4 is 5.32 Å². The number of anilines is 1. The summed E-state index contributed by atoms with van der Waals surface area (Å²) in [5.41, 5.74) is 0.151. The van der Waals surface area contributed by atoms with Gasteiger partial charge in [0, 0.05) is 18.0 Å². The van der Waals surface area contributed by atoms with Gasteiger partial charge >= 0.3 is 0 Å². The minimum absolute atomic E-state index is 0.151. The first-order valence-corrected chi connectivity index (χ1v) is 7.78. The van der Waals surface area contributed by atoms with Crippen molar-refractivity contribution in [2.45, 2.75) is 20.8 Å². The average molecular weight is 313 g/mol. The van der Waals surface area contributed by atoms with E-state index in [1.807, 2.05) is 0 Å². The minimum atomic E-state index is 0.151. The quantitative estimate of drug-likeness (QED) is 0.856. The van der Waals surface area contributed by atoms with Gasteiger partial charge in [0.15, 0.2) is 0 Å². The Kier molecular flexibility index (Phi) is 4.52. The first-order chi connectivity index (χ1) is 9.27. The molecule has 20 heavy (non-hydrogen) atoms. The Morgan fingerprint density at radius 1 is 1.35 bits per heavy atom. The fourth-order valence-corrected chi connectivity index (χ4v) is 3.48. The van der Waals surface area contributed by atoms with Crippen molar-refractivity contribution < 1.29 is 0 Å². The van der Waals surface area contributed by atoms with Crippen LogP contribution in [-0.2, 0) is 0 Å². The molecular weight excluding hydrogens is 292 g/mol. The molecule has 4 nitrogen and oxygen atoms in total. The Morgan fingerprint density at radius 3 is 2.70 bits per heavy atom. The van der Waals surface area contributed by atoms with Crippen LogP contribution in [0.25, 0.3) is 10.2 Å². The summed E-state index contributed by atoms with van der Waals surface area (Å²) in [5, 5.41) is 4.78. The Bertz CT molecular complexity index is 606. The molecule has 6 heteroatoms. The summed E-state index contributed by atoms with van der Waals surface area (Å²) >= 11 is 7.64. The van der Waals surface area contributed by atoms with Gasteiger partial charge in [0.05, 0.1) is 5.39 Å². The molecule has 110 valence electrons. The Balaban J connectivity index is 2.21. The Morgan fingerprint density at radius 2 is 2.05 bits per heavy atom. The van der Waals surface area contributed by atoms with E-state index in [0.717, 1.165) is 29.1 Å². The van der Waals surface area contributed by atoms with Gasteiger partial charge in [-0.15, -0.1) is 11.3 Å². The summed E-state index contributed by atoms with van der Waals surface area (Å²) in [5.74, 6) is 0.830. The molecule has 1 N–H and O–H groups in total. The van der Waals surface area contributed by atoms with Crippen LogP contribution in [0.15, 0.2) is 6.07 Å². The molecule has 0 fully saturated rings. The average Bonchev–Trinajstić information content (AvgIpc) is 2.64. The smallest absolute Gasteiger partial charge is 0.225 e. The summed E-state index contributed by atoms with van der Waals surface area (Å²) in [6.45, 7) is 8.38. The van der Waals surface area contributed by atoms with E-state index in [2.05, 4.69) is 61.1 Å². The van der Waals surface area contributed by atoms with Gasteiger partial charge in [-0.05, 0) is 44.1 Å². The van der Waals surface area contributed by atoms with Crippen LogP contribution in [0.1, 0.15) is 18.7 Å². The largest absolute Gasteiger partial charge is 0.369 e. The molecule has 0 unspecified atom stereocenters. The Labute approximate surface area is 129 Å². The molecule has 2 aromatic heterocycles. The number of hydrogen-bond donors (Lipinski definition) is 1. The SMILES string of the molecule is Cc1cc2c(NCC(C)(C)CN(C)C)nc(Cl)nc2s1. The predicted octanol–water partition coefficient (Wildman–Crippen LogP) is 3.65. The molecule has 0 aliphatic rings. The van der Waals surface area contributed by atoms with Crippen molar-refractivity contribution in [1.29, 1.82) is 0 Å². The van der Waals surface area contributed by atoms with Crippen molar-refractivity contribution in [3.63, 3.8) is 0 Å². The highest BCUT2D eigenvalue weighted by Crippen LogP contribution is 2.30. The van der Waals surface area contributed by atoms with E-state index in [1.165, 1.54) is 4.88 Å². The zero-order chi connectivity index (χ0) is 14.9. The summed E-state index contributed by atoms with van der Waals surface area (Å²) in [6.07, 6.45) is 0. The number of thiophene rings is 1. The van der Waals surface area contributed by atoms with Crippen molar-refractivity contribution in [3.05, 3.63) is 16.2 Å². The third-order valence-corrected chi connectivity index (χ3v) is 4.08. The van der Waals surface area contributed by atoms with Crippen molar-refractivity contribution in [2.75, 3.05) is 32.5 Å². The molecule has 0 saturated heterocycles. The van der Waals surface area contributed by atoms with Crippen LogP contribution in [0.2, 0.25) is 5.28 Å². The lowest BCUT2D eigenvalue weighted by Gasteiger charge is -2.28.